The summed E-state index contributed by atoms with van der Waals surface area (Å²) in [5.74, 6) is 0. The zero-order chi connectivity index (χ0) is 9.84. The highest BCUT2D eigenvalue weighted by atomic mass is 35.5. The molecule has 0 fully saturated rings. The molecule has 3 N–H and O–H groups in total. The molecule has 1 aromatic heterocycles. The first-order valence-electron chi connectivity index (χ1n) is 3.79. The Bertz CT molecular complexity index is 356. The second kappa shape index (κ2) is 3.97. The van der Waals surface area contributed by atoms with Crippen LogP contribution in [0.2, 0.25) is 5.15 Å². The molecule has 1 aromatic rings. The minimum Gasteiger partial charge on any atom is -0.395 e. The van der Waals surface area contributed by atoms with Crippen LogP contribution >= 0.6 is 11.6 Å². The fourth-order valence-electron chi connectivity index (χ4n) is 0.946. The van der Waals surface area contributed by atoms with Crippen molar-refractivity contribution in [1.29, 1.82) is 5.26 Å². The first-order valence-corrected chi connectivity index (χ1v) is 4.16. The van der Waals surface area contributed by atoms with Gasteiger partial charge in [0.2, 0.25) is 0 Å². The molecule has 1 heterocycles. The molecule has 0 radical (unpaired) electrons. The lowest BCUT2D eigenvalue weighted by Crippen LogP contribution is -2.04. The van der Waals surface area contributed by atoms with Crippen LogP contribution in [0.1, 0.15) is 12.6 Å². The Balaban J connectivity index is 3.21. The van der Waals surface area contributed by atoms with Gasteiger partial charge in [0.05, 0.1) is 11.4 Å². The third-order valence-electron chi connectivity index (χ3n) is 1.50. The first kappa shape index (κ1) is 9.62. The van der Waals surface area contributed by atoms with Crippen LogP contribution in [0.4, 0.5) is 11.4 Å². The van der Waals surface area contributed by atoms with E-state index < -0.39 is 0 Å². The number of pyridine rings is 1. The summed E-state index contributed by atoms with van der Waals surface area (Å²) in [5.41, 5.74) is 6.79. The van der Waals surface area contributed by atoms with Gasteiger partial charge in [0.25, 0.3) is 0 Å². The average Bonchev–Trinajstić information content (AvgIpc) is 2.11. The maximum atomic E-state index is 8.66. The minimum absolute atomic E-state index is 0.156. The molecule has 0 unspecified atom stereocenters. The fraction of sp³-hybridized carbons (Fsp3) is 0.250. The molecule has 0 saturated carbocycles. The molecule has 68 valence electrons. The van der Waals surface area contributed by atoms with Crippen LogP contribution in [0.15, 0.2) is 6.07 Å². The molecule has 0 aromatic carbocycles. The van der Waals surface area contributed by atoms with Crippen molar-refractivity contribution in [3.8, 4) is 6.07 Å². The predicted molar refractivity (Wildman–Crippen MR) is 52.5 cm³/mol. The molecule has 0 amide bonds. The molecular formula is C8H9ClN4. The zero-order valence-corrected chi connectivity index (χ0v) is 7.89. The monoisotopic (exact) mass is 196 g/mol. The first-order chi connectivity index (χ1) is 6.19. The summed E-state index contributed by atoms with van der Waals surface area (Å²) < 4.78 is 0. The number of aromatic nitrogens is 1. The van der Waals surface area contributed by atoms with Crippen LogP contribution < -0.4 is 11.1 Å². The number of halogens is 1. The van der Waals surface area contributed by atoms with E-state index in [1.54, 1.807) is 6.07 Å². The molecule has 0 bridgehead atoms. The second-order valence-electron chi connectivity index (χ2n) is 2.40. The van der Waals surface area contributed by atoms with E-state index in [-0.39, 0.29) is 10.8 Å². The zero-order valence-electron chi connectivity index (χ0n) is 7.13. The van der Waals surface area contributed by atoms with Crippen molar-refractivity contribution in [2.45, 2.75) is 6.92 Å². The van der Waals surface area contributed by atoms with Crippen molar-refractivity contribution in [2.75, 3.05) is 17.6 Å². The van der Waals surface area contributed by atoms with Gasteiger partial charge >= 0.3 is 0 Å². The Morgan fingerprint density at radius 2 is 2.46 bits per heavy atom. The van der Waals surface area contributed by atoms with Crippen molar-refractivity contribution in [3.05, 3.63) is 16.9 Å². The Morgan fingerprint density at radius 1 is 1.77 bits per heavy atom. The van der Waals surface area contributed by atoms with E-state index in [9.17, 15) is 0 Å². The highest BCUT2D eigenvalue weighted by Gasteiger charge is 2.07. The van der Waals surface area contributed by atoms with Gasteiger partial charge in [-0.3, -0.25) is 0 Å². The van der Waals surface area contributed by atoms with Crippen LogP contribution in [0, 0.1) is 11.3 Å². The summed E-state index contributed by atoms with van der Waals surface area (Å²) in [6, 6.07) is 3.47. The maximum Gasteiger partial charge on any atom is 0.167 e. The number of anilines is 2. The van der Waals surface area contributed by atoms with Gasteiger partial charge in [-0.15, -0.1) is 0 Å². The molecule has 0 saturated heterocycles. The molecular weight excluding hydrogens is 188 g/mol. The van der Waals surface area contributed by atoms with Gasteiger partial charge < -0.3 is 11.1 Å². The van der Waals surface area contributed by atoms with Gasteiger partial charge in [-0.05, 0) is 6.92 Å². The van der Waals surface area contributed by atoms with Crippen LogP contribution in [0.25, 0.3) is 0 Å². The Kier molecular flexibility index (Phi) is 2.93. The van der Waals surface area contributed by atoms with Gasteiger partial charge in [0.15, 0.2) is 5.69 Å². The van der Waals surface area contributed by atoms with E-state index in [1.807, 2.05) is 13.0 Å². The highest BCUT2D eigenvalue weighted by Crippen LogP contribution is 2.24. The molecule has 1 rings (SSSR count). The number of rotatable bonds is 2. The quantitative estimate of drug-likeness (QED) is 0.705. The van der Waals surface area contributed by atoms with Crippen LogP contribution in [0.5, 0.6) is 0 Å². The second-order valence-corrected chi connectivity index (χ2v) is 2.78. The largest absolute Gasteiger partial charge is 0.395 e. The summed E-state index contributed by atoms with van der Waals surface area (Å²) >= 11 is 5.68. The molecule has 5 heteroatoms. The summed E-state index contributed by atoms with van der Waals surface area (Å²) in [4.78, 5) is 3.77. The van der Waals surface area contributed by atoms with Gasteiger partial charge in [-0.25, -0.2) is 4.98 Å². The van der Waals surface area contributed by atoms with E-state index in [0.717, 1.165) is 6.54 Å². The lowest BCUT2D eigenvalue weighted by molar-refractivity contribution is 1.19. The summed E-state index contributed by atoms with van der Waals surface area (Å²) in [6.45, 7) is 2.65. The van der Waals surface area contributed by atoms with E-state index in [1.165, 1.54) is 0 Å². The van der Waals surface area contributed by atoms with E-state index in [2.05, 4.69) is 10.3 Å². The number of hydrogen-bond acceptors (Lipinski definition) is 4. The van der Waals surface area contributed by atoms with Gasteiger partial charge in [0, 0.05) is 12.6 Å². The smallest absolute Gasteiger partial charge is 0.167 e. The van der Waals surface area contributed by atoms with E-state index >= 15 is 0 Å². The fourth-order valence-corrected chi connectivity index (χ4v) is 1.14. The summed E-state index contributed by atoms with van der Waals surface area (Å²) in [6.07, 6.45) is 0. The number of nitrogens with two attached hydrogens (primary N) is 1. The van der Waals surface area contributed by atoms with Gasteiger partial charge in [-0.1, -0.05) is 11.6 Å². The normalized spacial score (nSPS) is 9.31. The number of nitrogens with one attached hydrogen (secondary N) is 1. The van der Waals surface area contributed by atoms with E-state index in [4.69, 9.17) is 22.6 Å². The summed E-state index contributed by atoms with van der Waals surface area (Å²) in [7, 11) is 0. The summed E-state index contributed by atoms with van der Waals surface area (Å²) in [5, 5.41) is 11.9. The SMILES string of the molecule is CCNc1cc(Cl)nc(C#N)c1N. The highest BCUT2D eigenvalue weighted by molar-refractivity contribution is 6.29. The van der Waals surface area contributed by atoms with Crippen molar-refractivity contribution >= 4 is 23.0 Å². The number of nitrogens with zero attached hydrogens (tertiary/aromatic N) is 2. The Labute approximate surface area is 81.3 Å². The Hall–Kier alpha value is -1.47. The average molecular weight is 197 g/mol. The molecule has 4 nitrogen and oxygen atoms in total. The lowest BCUT2D eigenvalue weighted by Gasteiger charge is -2.07. The molecule has 0 aliphatic heterocycles. The molecule has 0 aliphatic rings. The third-order valence-corrected chi connectivity index (χ3v) is 1.69. The van der Waals surface area contributed by atoms with E-state index in [0.29, 0.717) is 11.4 Å². The standard InChI is InChI=1S/C8H9ClN4/c1-2-12-5-3-7(9)13-6(4-10)8(5)11/h3H,2,11H2,1H3,(H,12,13). The number of nitriles is 1. The molecule has 13 heavy (non-hydrogen) atoms. The van der Waals surface area contributed by atoms with Crippen LogP contribution in [-0.4, -0.2) is 11.5 Å². The predicted octanol–water partition coefficient (Wildman–Crippen LogP) is 1.62. The van der Waals surface area contributed by atoms with Gasteiger partial charge in [-0.2, -0.15) is 5.26 Å². The Morgan fingerprint density at radius 3 is 3.00 bits per heavy atom. The third kappa shape index (κ3) is 2.01. The van der Waals surface area contributed by atoms with Crippen molar-refractivity contribution in [2.24, 2.45) is 0 Å². The van der Waals surface area contributed by atoms with Crippen molar-refractivity contribution < 1.29 is 0 Å². The molecule has 0 aliphatic carbocycles. The van der Waals surface area contributed by atoms with Crippen molar-refractivity contribution in [1.82, 2.24) is 4.98 Å². The number of hydrogen-bond donors (Lipinski definition) is 2. The topological polar surface area (TPSA) is 74.7 Å². The van der Waals surface area contributed by atoms with Crippen LogP contribution in [-0.2, 0) is 0 Å². The maximum absolute atomic E-state index is 8.66. The molecule has 0 spiro atoms. The number of nitrogen functional groups attached to an aromatic ring is 1. The molecule has 0 atom stereocenters. The van der Waals surface area contributed by atoms with Crippen LogP contribution in [0.3, 0.4) is 0 Å². The van der Waals surface area contributed by atoms with Crippen molar-refractivity contribution in [3.63, 3.8) is 0 Å². The minimum atomic E-state index is 0.156. The van der Waals surface area contributed by atoms with Gasteiger partial charge in [0.1, 0.15) is 11.2 Å². The lowest BCUT2D eigenvalue weighted by atomic mass is 10.2.